The van der Waals surface area contributed by atoms with E-state index in [0.717, 1.165) is 11.8 Å². The molecule has 0 aliphatic carbocycles. The molecule has 108 valence electrons. The zero-order valence-electron chi connectivity index (χ0n) is 13.5. The summed E-state index contributed by atoms with van der Waals surface area (Å²) in [6.45, 7) is 13.7. The van der Waals surface area contributed by atoms with E-state index in [4.69, 9.17) is 0 Å². The van der Waals surface area contributed by atoms with E-state index in [0.29, 0.717) is 12.0 Å². The first-order valence-electron chi connectivity index (χ1n) is 7.75. The van der Waals surface area contributed by atoms with Gasteiger partial charge in [-0.25, -0.2) is 0 Å². The quantitative estimate of drug-likeness (QED) is 0.665. The zero-order valence-corrected chi connectivity index (χ0v) is 13.5. The van der Waals surface area contributed by atoms with E-state index in [9.17, 15) is 0 Å². The maximum absolute atomic E-state index is 3.71. The van der Waals surface area contributed by atoms with Crippen molar-refractivity contribution in [3.63, 3.8) is 0 Å². The summed E-state index contributed by atoms with van der Waals surface area (Å²) in [5.74, 6) is 2.09. The lowest BCUT2D eigenvalue weighted by molar-refractivity contribution is 0.442. The van der Waals surface area contributed by atoms with Gasteiger partial charge in [0.05, 0.1) is 0 Å². The summed E-state index contributed by atoms with van der Waals surface area (Å²) in [6.07, 6.45) is 2.48. The second kappa shape index (κ2) is 7.57. The fraction of sp³-hybridized carbons (Fsp3) is 0.667. The molecule has 0 aromatic heterocycles. The summed E-state index contributed by atoms with van der Waals surface area (Å²) in [7, 11) is 0. The highest BCUT2D eigenvalue weighted by Crippen LogP contribution is 2.21. The van der Waals surface area contributed by atoms with Gasteiger partial charge in [0.25, 0.3) is 0 Å². The monoisotopic (exact) mass is 261 g/mol. The van der Waals surface area contributed by atoms with Crippen LogP contribution in [0.1, 0.15) is 65.9 Å². The minimum atomic E-state index is 0.588. The minimum Gasteiger partial charge on any atom is -0.382 e. The van der Waals surface area contributed by atoms with Crippen molar-refractivity contribution in [1.29, 1.82) is 0 Å². The van der Waals surface area contributed by atoms with Crippen molar-refractivity contribution in [2.24, 2.45) is 11.8 Å². The van der Waals surface area contributed by atoms with E-state index < -0.39 is 0 Å². The molecule has 0 aliphatic heterocycles. The van der Waals surface area contributed by atoms with E-state index in [1.807, 2.05) is 0 Å². The highest BCUT2D eigenvalue weighted by atomic mass is 14.9. The van der Waals surface area contributed by atoms with Crippen molar-refractivity contribution in [2.45, 2.75) is 66.3 Å². The van der Waals surface area contributed by atoms with Crippen LogP contribution < -0.4 is 5.32 Å². The first-order valence-corrected chi connectivity index (χ1v) is 7.75. The third kappa shape index (κ3) is 6.13. The van der Waals surface area contributed by atoms with Crippen LogP contribution in [0.15, 0.2) is 24.3 Å². The molecule has 1 rings (SSSR count). The molecule has 1 N–H and O–H groups in total. The Morgan fingerprint density at radius 2 is 1.26 bits per heavy atom. The van der Waals surface area contributed by atoms with Crippen LogP contribution in [-0.2, 0) is 0 Å². The highest BCUT2D eigenvalue weighted by molar-refractivity contribution is 5.46. The zero-order chi connectivity index (χ0) is 14.4. The Bertz CT molecular complexity index is 338. The number of benzene rings is 1. The molecule has 0 saturated carbocycles. The Balaban J connectivity index is 2.66. The van der Waals surface area contributed by atoms with Crippen LogP contribution in [0.4, 0.5) is 5.69 Å². The number of anilines is 1. The fourth-order valence-corrected chi connectivity index (χ4v) is 2.55. The van der Waals surface area contributed by atoms with Crippen LogP contribution in [0.5, 0.6) is 0 Å². The summed E-state index contributed by atoms with van der Waals surface area (Å²) in [5.41, 5.74) is 2.67. The average Bonchev–Trinajstić information content (AvgIpc) is 2.27. The fourth-order valence-electron chi connectivity index (χ4n) is 2.55. The molecule has 0 radical (unpaired) electrons. The summed E-state index contributed by atoms with van der Waals surface area (Å²) in [6, 6.07) is 9.53. The predicted octanol–water partition coefficient (Wildman–Crippen LogP) is 5.68. The molecule has 1 heteroatoms. The van der Waals surface area contributed by atoms with E-state index >= 15 is 0 Å². The van der Waals surface area contributed by atoms with Gasteiger partial charge >= 0.3 is 0 Å². The SMILES string of the molecule is CC(C)CC(CC(C)C)Nc1ccc(C(C)C)cc1. The van der Waals surface area contributed by atoms with Crippen molar-refractivity contribution in [3.05, 3.63) is 29.8 Å². The third-order valence-electron chi connectivity index (χ3n) is 3.46. The maximum Gasteiger partial charge on any atom is 0.0342 e. The molecule has 0 saturated heterocycles. The third-order valence-corrected chi connectivity index (χ3v) is 3.46. The average molecular weight is 261 g/mol. The van der Waals surface area contributed by atoms with Crippen LogP contribution in [0.3, 0.4) is 0 Å². The van der Waals surface area contributed by atoms with Crippen LogP contribution in [0.2, 0.25) is 0 Å². The summed E-state index contributed by atoms with van der Waals surface area (Å²) >= 11 is 0. The van der Waals surface area contributed by atoms with E-state index in [-0.39, 0.29) is 0 Å². The van der Waals surface area contributed by atoms with Crippen molar-refractivity contribution in [1.82, 2.24) is 0 Å². The highest BCUT2D eigenvalue weighted by Gasteiger charge is 2.12. The molecule has 0 fully saturated rings. The number of rotatable bonds is 7. The van der Waals surface area contributed by atoms with E-state index in [1.165, 1.54) is 24.1 Å². The van der Waals surface area contributed by atoms with Crippen molar-refractivity contribution in [2.75, 3.05) is 5.32 Å². The van der Waals surface area contributed by atoms with Gasteiger partial charge in [0.15, 0.2) is 0 Å². The molecule has 0 unspecified atom stereocenters. The van der Waals surface area contributed by atoms with Crippen LogP contribution in [0, 0.1) is 11.8 Å². The van der Waals surface area contributed by atoms with Gasteiger partial charge in [0.1, 0.15) is 0 Å². The Kier molecular flexibility index (Phi) is 6.41. The summed E-state index contributed by atoms with van der Waals surface area (Å²) in [5, 5.41) is 3.71. The van der Waals surface area contributed by atoms with Gasteiger partial charge in [-0.3, -0.25) is 0 Å². The summed E-state index contributed by atoms with van der Waals surface area (Å²) < 4.78 is 0. The van der Waals surface area contributed by atoms with E-state index in [2.05, 4.69) is 71.1 Å². The van der Waals surface area contributed by atoms with Gasteiger partial charge in [0.2, 0.25) is 0 Å². The maximum atomic E-state index is 3.71. The molecule has 0 atom stereocenters. The molecule has 1 aromatic rings. The first-order chi connectivity index (χ1) is 8.88. The van der Waals surface area contributed by atoms with Gasteiger partial charge in [-0.2, -0.15) is 0 Å². The molecule has 0 amide bonds. The van der Waals surface area contributed by atoms with Crippen LogP contribution in [-0.4, -0.2) is 6.04 Å². The Morgan fingerprint density at radius 1 is 0.789 bits per heavy atom. The number of nitrogens with one attached hydrogen (secondary N) is 1. The topological polar surface area (TPSA) is 12.0 Å². The predicted molar refractivity (Wildman–Crippen MR) is 86.9 cm³/mol. The number of hydrogen-bond acceptors (Lipinski definition) is 1. The molecule has 0 heterocycles. The standard InChI is InChI=1S/C18H31N/c1-13(2)11-18(12-14(3)4)19-17-9-7-16(8-10-17)15(5)6/h7-10,13-15,18-19H,11-12H2,1-6H3. The Morgan fingerprint density at radius 3 is 1.63 bits per heavy atom. The second-order valence-corrected chi connectivity index (χ2v) is 6.88. The largest absolute Gasteiger partial charge is 0.382 e. The molecule has 0 spiro atoms. The van der Waals surface area contributed by atoms with E-state index in [1.54, 1.807) is 0 Å². The van der Waals surface area contributed by atoms with Crippen molar-refractivity contribution in [3.8, 4) is 0 Å². The van der Waals surface area contributed by atoms with Gasteiger partial charge in [-0.15, -0.1) is 0 Å². The van der Waals surface area contributed by atoms with Gasteiger partial charge in [-0.1, -0.05) is 53.7 Å². The molecule has 1 nitrogen and oxygen atoms in total. The van der Waals surface area contributed by atoms with Crippen LogP contribution >= 0.6 is 0 Å². The molecule has 0 bridgehead atoms. The first kappa shape index (κ1) is 16.1. The van der Waals surface area contributed by atoms with Crippen molar-refractivity contribution < 1.29 is 0 Å². The Hall–Kier alpha value is -0.980. The number of hydrogen-bond donors (Lipinski definition) is 1. The summed E-state index contributed by atoms with van der Waals surface area (Å²) in [4.78, 5) is 0. The van der Waals surface area contributed by atoms with Crippen molar-refractivity contribution >= 4 is 5.69 Å². The van der Waals surface area contributed by atoms with Gasteiger partial charge in [-0.05, 0) is 48.3 Å². The van der Waals surface area contributed by atoms with Gasteiger partial charge in [0, 0.05) is 11.7 Å². The minimum absolute atomic E-state index is 0.588. The molecule has 0 aliphatic rings. The van der Waals surface area contributed by atoms with Crippen LogP contribution in [0.25, 0.3) is 0 Å². The smallest absolute Gasteiger partial charge is 0.0342 e. The van der Waals surface area contributed by atoms with Gasteiger partial charge < -0.3 is 5.32 Å². The molecular formula is C18H31N. The normalized spacial score (nSPS) is 11.9. The lowest BCUT2D eigenvalue weighted by Gasteiger charge is -2.23. The molecular weight excluding hydrogens is 230 g/mol. The molecule has 19 heavy (non-hydrogen) atoms. The second-order valence-electron chi connectivity index (χ2n) is 6.88. The lowest BCUT2D eigenvalue weighted by atomic mass is 9.95. The molecule has 1 aromatic carbocycles. The Labute approximate surface area is 119 Å². The lowest BCUT2D eigenvalue weighted by Crippen LogP contribution is -2.23.